The lowest BCUT2D eigenvalue weighted by Gasteiger charge is -2.33. The zero-order valence-corrected chi connectivity index (χ0v) is 13.8. The van der Waals surface area contributed by atoms with Crippen LogP contribution in [-0.4, -0.2) is 40.0 Å². The molecule has 1 fully saturated rings. The van der Waals surface area contributed by atoms with Gasteiger partial charge in [-0.2, -0.15) is 0 Å². The van der Waals surface area contributed by atoms with Crippen LogP contribution >= 0.6 is 0 Å². The van der Waals surface area contributed by atoms with Crippen LogP contribution in [0, 0.1) is 0 Å². The summed E-state index contributed by atoms with van der Waals surface area (Å²) in [7, 11) is 0. The molecule has 1 aromatic carbocycles. The molecule has 1 aliphatic rings. The second kappa shape index (κ2) is 6.96. The summed E-state index contributed by atoms with van der Waals surface area (Å²) >= 11 is 0. The molecule has 7 heteroatoms. The number of carbonyl (C=O) groups excluding carboxylic acids is 2. The molecule has 0 unspecified atom stereocenters. The molecular formula is C18H21N3O4. The van der Waals surface area contributed by atoms with Gasteiger partial charge in [-0.05, 0) is 25.0 Å². The Kier molecular flexibility index (Phi) is 4.74. The average Bonchev–Trinajstić information content (AvgIpc) is 3.04. The number of aromatic amines is 1. The van der Waals surface area contributed by atoms with Crippen LogP contribution in [0.25, 0.3) is 10.9 Å². The molecule has 1 heterocycles. The predicted molar refractivity (Wildman–Crippen MR) is 92.2 cm³/mol. The second-order valence-electron chi connectivity index (χ2n) is 6.45. The number of H-pyrrole nitrogens is 1. The lowest BCUT2D eigenvalue weighted by atomic mass is 9.81. The van der Waals surface area contributed by atoms with E-state index in [0.717, 1.165) is 30.2 Å². The monoisotopic (exact) mass is 343 g/mol. The van der Waals surface area contributed by atoms with Crippen LogP contribution in [0.2, 0.25) is 0 Å². The van der Waals surface area contributed by atoms with Crippen molar-refractivity contribution in [2.75, 3.05) is 6.54 Å². The molecule has 4 N–H and O–H groups in total. The Labute approximate surface area is 144 Å². The smallest absolute Gasteiger partial charge is 0.329 e. The summed E-state index contributed by atoms with van der Waals surface area (Å²) in [6, 6.07) is 9.19. The molecule has 1 aliphatic carbocycles. The number of carboxylic acids is 1. The van der Waals surface area contributed by atoms with Crippen LogP contribution in [0.3, 0.4) is 0 Å². The van der Waals surface area contributed by atoms with Crippen molar-refractivity contribution in [2.45, 2.75) is 37.6 Å². The number of hydrogen-bond acceptors (Lipinski definition) is 3. The third kappa shape index (κ3) is 3.65. The van der Waals surface area contributed by atoms with Crippen molar-refractivity contribution in [3.05, 3.63) is 36.0 Å². The van der Waals surface area contributed by atoms with Gasteiger partial charge in [0.15, 0.2) is 0 Å². The van der Waals surface area contributed by atoms with Crippen LogP contribution in [0.15, 0.2) is 30.3 Å². The van der Waals surface area contributed by atoms with E-state index in [2.05, 4.69) is 15.6 Å². The second-order valence-corrected chi connectivity index (χ2v) is 6.45. The number of fused-ring (bicyclic) bond motifs is 1. The minimum absolute atomic E-state index is 0.261. The van der Waals surface area contributed by atoms with E-state index in [-0.39, 0.29) is 6.54 Å². The predicted octanol–water partition coefficient (Wildman–Crippen LogP) is 1.80. The maximum atomic E-state index is 12.2. The summed E-state index contributed by atoms with van der Waals surface area (Å²) < 4.78 is 0. The zero-order valence-electron chi connectivity index (χ0n) is 13.8. The first-order chi connectivity index (χ1) is 12.0. The Bertz CT molecular complexity index is 773. The molecule has 0 spiro atoms. The van der Waals surface area contributed by atoms with Crippen molar-refractivity contribution >= 4 is 28.7 Å². The fraction of sp³-hybridized carbons (Fsp3) is 0.389. The SMILES string of the molecule is O=C(CNC(=O)c1cc2ccccc2[nH]1)NC1(C(=O)O)CCCCC1. The van der Waals surface area contributed by atoms with Crippen LogP contribution in [0.4, 0.5) is 0 Å². The standard InChI is InChI=1S/C18H21N3O4/c22-15(21-18(17(24)25)8-4-1-5-9-18)11-19-16(23)14-10-12-6-2-3-7-13(12)20-14/h2-3,6-7,10,20H,1,4-5,8-9,11H2,(H,19,23)(H,21,22)(H,24,25). The largest absolute Gasteiger partial charge is 0.480 e. The number of carboxylic acid groups (broad SMARTS) is 1. The highest BCUT2D eigenvalue weighted by Gasteiger charge is 2.40. The Morgan fingerprint density at radius 1 is 1.12 bits per heavy atom. The van der Waals surface area contributed by atoms with E-state index >= 15 is 0 Å². The van der Waals surface area contributed by atoms with Crippen molar-refractivity contribution in [3.8, 4) is 0 Å². The molecule has 1 saturated carbocycles. The molecule has 3 rings (SSSR count). The number of aromatic nitrogens is 1. The van der Waals surface area contributed by atoms with Crippen molar-refractivity contribution in [2.24, 2.45) is 0 Å². The van der Waals surface area contributed by atoms with E-state index in [1.807, 2.05) is 24.3 Å². The minimum atomic E-state index is -1.21. The molecule has 2 aromatic rings. The van der Waals surface area contributed by atoms with Crippen molar-refractivity contribution in [1.29, 1.82) is 0 Å². The molecule has 132 valence electrons. The van der Waals surface area contributed by atoms with Crippen LogP contribution in [-0.2, 0) is 9.59 Å². The highest BCUT2D eigenvalue weighted by atomic mass is 16.4. The first kappa shape index (κ1) is 17.0. The van der Waals surface area contributed by atoms with E-state index in [1.54, 1.807) is 6.07 Å². The number of carbonyl (C=O) groups is 3. The van der Waals surface area contributed by atoms with Crippen molar-refractivity contribution in [3.63, 3.8) is 0 Å². The average molecular weight is 343 g/mol. The van der Waals surface area contributed by atoms with E-state index in [9.17, 15) is 19.5 Å². The van der Waals surface area contributed by atoms with Gasteiger partial charge in [0, 0.05) is 10.9 Å². The summed E-state index contributed by atoms with van der Waals surface area (Å²) in [5.74, 6) is -1.91. The summed E-state index contributed by atoms with van der Waals surface area (Å²) in [5.41, 5.74) is -0.00925. The first-order valence-corrected chi connectivity index (χ1v) is 8.40. The summed E-state index contributed by atoms with van der Waals surface area (Å²) in [6.07, 6.45) is 3.36. The fourth-order valence-corrected chi connectivity index (χ4v) is 3.31. The van der Waals surface area contributed by atoms with Crippen LogP contribution in [0.1, 0.15) is 42.6 Å². The Hall–Kier alpha value is -2.83. The number of benzene rings is 1. The molecule has 0 radical (unpaired) electrons. The minimum Gasteiger partial charge on any atom is -0.480 e. The topological polar surface area (TPSA) is 111 Å². The van der Waals surface area contributed by atoms with E-state index in [1.165, 1.54) is 0 Å². The molecule has 1 aromatic heterocycles. The number of amides is 2. The summed E-state index contributed by atoms with van der Waals surface area (Å²) in [6.45, 7) is -0.261. The van der Waals surface area contributed by atoms with Gasteiger partial charge in [-0.15, -0.1) is 0 Å². The van der Waals surface area contributed by atoms with Gasteiger partial charge >= 0.3 is 5.97 Å². The zero-order chi connectivity index (χ0) is 17.9. The molecule has 0 bridgehead atoms. The Morgan fingerprint density at radius 2 is 1.84 bits per heavy atom. The molecule has 7 nitrogen and oxygen atoms in total. The number of aliphatic carboxylic acids is 1. The molecule has 2 amide bonds. The third-order valence-electron chi connectivity index (χ3n) is 4.68. The summed E-state index contributed by atoms with van der Waals surface area (Å²) in [5, 5.41) is 15.5. The maximum Gasteiger partial charge on any atom is 0.329 e. The number of hydrogen-bond donors (Lipinski definition) is 4. The highest BCUT2D eigenvalue weighted by Crippen LogP contribution is 2.28. The molecular weight excluding hydrogens is 322 g/mol. The fourth-order valence-electron chi connectivity index (χ4n) is 3.31. The quantitative estimate of drug-likeness (QED) is 0.663. The normalized spacial score (nSPS) is 16.3. The van der Waals surface area contributed by atoms with Gasteiger partial charge < -0.3 is 20.7 Å². The first-order valence-electron chi connectivity index (χ1n) is 8.40. The van der Waals surface area contributed by atoms with Gasteiger partial charge in [0.1, 0.15) is 11.2 Å². The van der Waals surface area contributed by atoms with Gasteiger partial charge in [-0.1, -0.05) is 37.5 Å². The van der Waals surface area contributed by atoms with E-state index in [4.69, 9.17) is 0 Å². The molecule has 0 aliphatic heterocycles. The van der Waals surface area contributed by atoms with Gasteiger partial charge in [0.25, 0.3) is 5.91 Å². The lowest BCUT2D eigenvalue weighted by molar-refractivity contribution is -0.149. The molecule has 25 heavy (non-hydrogen) atoms. The van der Waals surface area contributed by atoms with Crippen molar-refractivity contribution in [1.82, 2.24) is 15.6 Å². The van der Waals surface area contributed by atoms with E-state index < -0.39 is 23.3 Å². The molecule has 0 atom stereocenters. The number of para-hydroxylation sites is 1. The van der Waals surface area contributed by atoms with Crippen molar-refractivity contribution < 1.29 is 19.5 Å². The van der Waals surface area contributed by atoms with Crippen LogP contribution in [0.5, 0.6) is 0 Å². The number of rotatable bonds is 5. The molecule has 0 saturated heterocycles. The Balaban J connectivity index is 1.59. The lowest BCUT2D eigenvalue weighted by Crippen LogP contribution is -2.57. The Morgan fingerprint density at radius 3 is 2.52 bits per heavy atom. The van der Waals surface area contributed by atoms with Crippen LogP contribution < -0.4 is 10.6 Å². The summed E-state index contributed by atoms with van der Waals surface area (Å²) in [4.78, 5) is 38.9. The van der Waals surface area contributed by atoms with Gasteiger partial charge in [0.05, 0.1) is 6.54 Å². The highest BCUT2D eigenvalue weighted by molar-refractivity contribution is 5.99. The van der Waals surface area contributed by atoms with Gasteiger partial charge in [-0.3, -0.25) is 9.59 Å². The third-order valence-corrected chi connectivity index (χ3v) is 4.68. The van der Waals surface area contributed by atoms with Gasteiger partial charge in [-0.25, -0.2) is 4.79 Å². The maximum absolute atomic E-state index is 12.2. The number of nitrogens with one attached hydrogen (secondary N) is 3. The van der Waals surface area contributed by atoms with E-state index in [0.29, 0.717) is 18.5 Å². The van der Waals surface area contributed by atoms with Gasteiger partial charge in [0.2, 0.25) is 5.91 Å².